The van der Waals surface area contributed by atoms with Crippen LogP contribution in [0.1, 0.15) is 35.8 Å². The Hall–Kier alpha value is -1.74. The van der Waals surface area contributed by atoms with Crippen LogP contribution in [0.2, 0.25) is 0 Å². The van der Waals surface area contributed by atoms with Gasteiger partial charge in [0.1, 0.15) is 11.8 Å². The van der Waals surface area contributed by atoms with E-state index in [1.807, 2.05) is 6.92 Å². The topological polar surface area (TPSA) is 86.3 Å². The van der Waals surface area contributed by atoms with Gasteiger partial charge >= 0.3 is 0 Å². The van der Waals surface area contributed by atoms with E-state index in [9.17, 15) is 13.5 Å². The average Bonchev–Trinajstić information content (AvgIpc) is 3.31. The van der Waals surface area contributed by atoms with Crippen molar-refractivity contribution in [3.05, 3.63) is 46.6 Å². The van der Waals surface area contributed by atoms with Gasteiger partial charge in [-0.05, 0) is 25.8 Å². The van der Waals surface area contributed by atoms with Gasteiger partial charge in [-0.3, -0.25) is 0 Å². The Balaban J connectivity index is 1.84. The molecule has 6 nitrogen and oxygen atoms in total. The molecule has 0 amide bonds. The van der Waals surface area contributed by atoms with Crippen LogP contribution >= 0.6 is 11.3 Å². The van der Waals surface area contributed by atoms with Crippen LogP contribution in [0.3, 0.4) is 0 Å². The number of aromatic nitrogens is 2. The molecule has 0 radical (unpaired) electrons. The zero-order valence-corrected chi connectivity index (χ0v) is 15.4. The van der Waals surface area contributed by atoms with E-state index in [1.165, 1.54) is 15.6 Å². The lowest BCUT2D eigenvalue weighted by Crippen LogP contribution is -2.29. The lowest BCUT2D eigenvalue weighted by Gasteiger charge is -2.20. The van der Waals surface area contributed by atoms with Crippen molar-refractivity contribution in [1.82, 2.24) is 14.3 Å². The van der Waals surface area contributed by atoms with Gasteiger partial charge in [0.05, 0.1) is 15.1 Å². The summed E-state index contributed by atoms with van der Waals surface area (Å²) < 4.78 is 28.4. The Morgan fingerprint density at radius 3 is 2.76 bits per heavy atom. The molecule has 3 aromatic rings. The highest BCUT2D eigenvalue weighted by Crippen LogP contribution is 2.37. The van der Waals surface area contributed by atoms with Crippen molar-refractivity contribution < 1.29 is 13.5 Å². The van der Waals surface area contributed by atoms with Crippen LogP contribution in [-0.4, -0.2) is 40.9 Å². The molecule has 2 aromatic heterocycles. The standard InChI is InChI=1S/C17H19N3O3S2/c1-11-14(16-17(19-11)18-10-24-16)15(21)12-6-2-3-7-13(12)25(22,23)20-8-4-5-9-20/h2-3,6-7,10,15,19,21H,4-5,8-9H2,1H3. The third-order valence-corrected chi connectivity index (χ3v) is 7.52. The largest absolute Gasteiger partial charge is 0.383 e. The smallest absolute Gasteiger partial charge is 0.243 e. The van der Waals surface area contributed by atoms with E-state index >= 15 is 0 Å². The van der Waals surface area contributed by atoms with Crippen molar-refractivity contribution in [3.8, 4) is 0 Å². The van der Waals surface area contributed by atoms with Crippen molar-refractivity contribution in [2.75, 3.05) is 13.1 Å². The number of aromatic amines is 1. The molecular formula is C17H19N3O3S2. The number of hydrogen-bond acceptors (Lipinski definition) is 5. The molecule has 3 heterocycles. The number of nitrogens with zero attached hydrogens (tertiary/aromatic N) is 2. The first kappa shape index (κ1) is 16.7. The van der Waals surface area contributed by atoms with Gasteiger partial charge in [-0.25, -0.2) is 13.4 Å². The first-order valence-corrected chi connectivity index (χ1v) is 10.5. The minimum Gasteiger partial charge on any atom is -0.383 e. The Morgan fingerprint density at radius 1 is 1.28 bits per heavy atom. The second-order valence-corrected chi connectivity index (χ2v) is 9.01. The molecule has 2 N–H and O–H groups in total. The van der Waals surface area contributed by atoms with Gasteiger partial charge in [0.15, 0.2) is 0 Å². The van der Waals surface area contributed by atoms with Crippen LogP contribution in [0.5, 0.6) is 0 Å². The number of H-pyrrole nitrogens is 1. The van der Waals surface area contributed by atoms with Crippen LogP contribution < -0.4 is 0 Å². The number of thiazole rings is 1. The lowest BCUT2D eigenvalue weighted by molar-refractivity contribution is 0.217. The number of hydrogen-bond donors (Lipinski definition) is 2. The van der Waals surface area contributed by atoms with Crippen LogP contribution in [-0.2, 0) is 10.0 Å². The zero-order chi connectivity index (χ0) is 17.6. The SMILES string of the molecule is Cc1[nH]c2ncsc2c1C(O)c1ccccc1S(=O)(=O)N1CCCC1. The first-order chi connectivity index (χ1) is 12.0. The van der Waals surface area contributed by atoms with Gasteiger partial charge in [-0.15, -0.1) is 11.3 Å². The number of sulfonamides is 1. The third-order valence-electron chi connectivity index (χ3n) is 4.69. The van der Waals surface area contributed by atoms with Gasteiger partial charge in [0, 0.05) is 29.9 Å². The molecule has 132 valence electrons. The number of aryl methyl sites for hydroxylation is 1. The van der Waals surface area contributed by atoms with Crippen LogP contribution in [0.25, 0.3) is 10.3 Å². The maximum absolute atomic E-state index is 13.0. The molecule has 4 rings (SSSR count). The molecule has 0 spiro atoms. The van der Waals surface area contributed by atoms with Gasteiger partial charge in [0.2, 0.25) is 10.0 Å². The monoisotopic (exact) mass is 377 g/mol. The summed E-state index contributed by atoms with van der Waals surface area (Å²) in [4.78, 5) is 7.57. The lowest BCUT2D eigenvalue weighted by atomic mass is 10.0. The number of benzene rings is 1. The maximum Gasteiger partial charge on any atom is 0.243 e. The van der Waals surface area contributed by atoms with Crippen LogP contribution in [0.15, 0.2) is 34.7 Å². The van der Waals surface area contributed by atoms with E-state index in [0.29, 0.717) is 24.2 Å². The molecule has 0 aliphatic carbocycles. The molecule has 0 saturated carbocycles. The number of nitrogens with one attached hydrogen (secondary N) is 1. The summed E-state index contributed by atoms with van der Waals surface area (Å²) >= 11 is 1.43. The van der Waals surface area contributed by atoms with E-state index in [0.717, 1.165) is 28.9 Å². The van der Waals surface area contributed by atoms with E-state index < -0.39 is 16.1 Å². The highest BCUT2D eigenvalue weighted by Gasteiger charge is 2.32. The van der Waals surface area contributed by atoms with E-state index in [-0.39, 0.29) is 4.90 Å². The number of rotatable bonds is 4. The van der Waals surface area contributed by atoms with Crippen molar-refractivity contribution in [2.45, 2.75) is 30.8 Å². The van der Waals surface area contributed by atoms with Gasteiger partial charge in [-0.2, -0.15) is 4.31 Å². The van der Waals surface area contributed by atoms with Gasteiger partial charge in [0.25, 0.3) is 0 Å². The first-order valence-electron chi connectivity index (χ1n) is 8.19. The fraction of sp³-hybridized carbons (Fsp3) is 0.353. The summed E-state index contributed by atoms with van der Waals surface area (Å²) in [5.41, 5.74) is 4.34. The molecule has 0 bridgehead atoms. The Kier molecular flexibility index (Phi) is 4.15. The summed E-state index contributed by atoms with van der Waals surface area (Å²) in [5.74, 6) is 0. The Morgan fingerprint density at radius 2 is 2.00 bits per heavy atom. The summed E-state index contributed by atoms with van der Waals surface area (Å²) in [5, 5.41) is 11.0. The average molecular weight is 377 g/mol. The summed E-state index contributed by atoms with van der Waals surface area (Å²) in [6, 6.07) is 6.73. The van der Waals surface area contributed by atoms with Crippen LogP contribution in [0, 0.1) is 6.92 Å². The van der Waals surface area contributed by atoms with Gasteiger partial charge < -0.3 is 10.1 Å². The van der Waals surface area contributed by atoms with Crippen molar-refractivity contribution in [1.29, 1.82) is 0 Å². The van der Waals surface area contributed by atoms with Crippen LogP contribution in [0.4, 0.5) is 0 Å². The summed E-state index contributed by atoms with van der Waals surface area (Å²) in [6.07, 6.45) is 0.729. The molecule has 1 aliphatic heterocycles. The number of aliphatic hydroxyl groups is 1. The quantitative estimate of drug-likeness (QED) is 0.732. The molecule has 1 unspecified atom stereocenters. The second-order valence-electron chi connectivity index (χ2n) is 6.25. The van der Waals surface area contributed by atoms with Crippen molar-refractivity contribution in [3.63, 3.8) is 0 Å². The molecular weight excluding hydrogens is 358 g/mol. The molecule has 1 aliphatic rings. The highest BCUT2D eigenvalue weighted by molar-refractivity contribution is 7.89. The van der Waals surface area contributed by atoms with E-state index in [4.69, 9.17) is 0 Å². The minimum atomic E-state index is -3.61. The van der Waals surface area contributed by atoms with E-state index in [2.05, 4.69) is 9.97 Å². The number of fused-ring (bicyclic) bond motifs is 1. The zero-order valence-electron chi connectivity index (χ0n) is 13.8. The molecule has 1 aromatic carbocycles. The molecule has 1 saturated heterocycles. The molecule has 1 fully saturated rings. The maximum atomic E-state index is 13.0. The van der Waals surface area contributed by atoms with Crippen molar-refractivity contribution >= 4 is 31.7 Å². The Labute approximate surface area is 150 Å². The number of aliphatic hydroxyl groups excluding tert-OH is 1. The highest BCUT2D eigenvalue weighted by atomic mass is 32.2. The third kappa shape index (κ3) is 2.69. The fourth-order valence-electron chi connectivity index (χ4n) is 3.44. The minimum absolute atomic E-state index is 0.183. The Bertz CT molecular complexity index is 1020. The fourth-order valence-corrected chi connectivity index (χ4v) is 6.05. The second kappa shape index (κ2) is 6.21. The van der Waals surface area contributed by atoms with Crippen molar-refractivity contribution in [2.24, 2.45) is 0 Å². The van der Waals surface area contributed by atoms with E-state index in [1.54, 1.807) is 29.8 Å². The molecule has 25 heavy (non-hydrogen) atoms. The predicted octanol–water partition coefficient (Wildman–Crippen LogP) is 2.80. The van der Waals surface area contributed by atoms with Gasteiger partial charge in [-0.1, -0.05) is 18.2 Å². The summed E-state index contributed by atoms with van der Waals surface area (Å²) in [7, 11) is -3.61. The summed E-state index contributed by atoms with van der Waals surface area (Å²) in [6.45, 7) is 2.94. The normalized spacial score (nSPS) is 17.4. The molecule has 8 heteroatoms. The predicted molar refractivity (Wildman–Crippen MR) is 97.2 cm³/mol. The molecule has 1 atom stereocenters.